The second kappa shape index (κ2) is 5.61. The number of benzene rings is 2. The number of carboxylic acids is 1. The van der Waals surface area contributed by atoms with Crippen LogP contribution in [0.3, 0.4) is 0 Å². The van der Waals surface area contributed by atoms with Gasteiger partial charge in [0.2, 0.25) is 0 Å². The van der Waals surface area contributed by atoms with E-state index in [-0.39, 0.29) is 0 Å². The molecule has 0 spiro atoms. The maximum absolute atomic E-state index is 10.9. The molecular weight excluding hydrogens is 286 g/mol. The van der Waals surface area contributed by atoms with Gasteiger partial charge in [-0.3, -0.25) is 0 Å². The first-order chi connectivity index (χ1) is 10.1. The molecule has 3 aromatic rings. The minimum absolute atomic E-state index is 0.293. The molecule has 0 radical (unpaired) electrons. The molecule has 0 aliphatic rings. The van der Waals surface area contributed by atoms with Gasteiger partial charge in [-0.05, 0) is 42.3 Å². The lowest BCUT2D eigenvalue weighted by Gasteiger charge is -2.00. The minimum atomic E-state index is -0.917. The van der Waals surface area contributed by atoms with Gasteiger partial charge in [-0.1, -0.05) is 30.0 Å². The van der Waals surface area contributed by atoms with Crippen LogP contribution in [0.15, 0.2) is 52.1 Å². The van der Waals surface area contributed by atoms with Crippen LogP contribution in [0.4, 0.5) is 0 Å². The fraction of sp³-hybridized carbons (Fsp3) is 0.125. The summed E-state index contributed by atoms with van der Waals surface area (Å²) in [4.78, 5) is 15.4. The SMILES string of the molecule is Cc1ccc2oc(SCc3cccc(C(=O)O)c3)nc2c1. The third kappa shape index (κ3) is 3.08. The minimum Gasteiger partial charge on any atom is -0.478 e. The lowest BCUT2D eigenvalue weighted by Crippen LogP contribution is -1.96. The highest BCUT2D eigenvalue weighted by atomic mass is 32.2. The van der Waals surface area contributed by atoms with E-state index < -0.39 is 5.97 Å². The van der Waals surface area contributed by atoms with Crippen molar-refractivity contribution in [2.75, 3.05) is 0 Å². The first kappa shape index (κ1) is 13.7. The number of rotatable bonds is 4. The number of aromatic nitrogens is 1. The molecule has 3 rings (SSSR count). The van der Waals surface area contributed by atoms with Crippen molar-refractivity contribution in [3.8, 4) is 0 Å². The van der Waals surface area contributed by atoms with Crippen molar-refractivity contribution in [3.05, 3.63) is 59.2 Å². The monoisotopic (exact) mass is 299 g/mol. The molecule has 0 aliphatic carbocycles. The number of nitrogens with zero attached hydrogens (tertiary/aromatic N) is 1. The van der Waals surface area contributed by atoms with Crippen LogP contribution in [0.25, 0.3) is 11.1 Å². The fourth-order valence-corrected chi connectivity index (χ4v) is 2.80. The maximum Gasteiger partial charge on any atom is 0.335 e. The van der Waals surface area contributed by atoms with Crippen LogP contribution in [-0.4, -0.2) is 16.1 Å². The van der Waals surface area contributed by atoms with Gasteiger partial charge in [-0.25, -0.2) is 9.78 Å². The number of fused-ring (bicyclic) bond motifs is 1. The lowest BCUT2D eigenvalue weighted by atomic mass is 10.1. The van der Waals surface area contributed by atoms with E-state index in [9.17, 15) is 4.79 Å². The molecule has 1 aromatic heterocycles. The molecule has 0 bridgehead atoms. The molecule has 0 unspecified atom stereocenters. The Hall–Kier alpha value is -2.27. The summed E-state index contributed by atoms with van der Waals surface area (Å²) in [7, 11) is 0. The largest absolute Gasteiger partial charge is 0.478 e. The van der Waals surface area contributed by atoms with Crippen molar-refractivity contribution < 1.29 is 14.3 Å². The van der Waals surface area contributed by atoms with Gasteiger partial charge in [0.15, 0.2) is 5.58 Å². The number of carboxylic acid groups (broad SMARTS) is 1. The first-order valence-electron chi connectivity index (χ1n) is 6.44. The molecule has 5 heteroatoms. The molecule has 0 saturated carbocycles. The number of aryl methyl sites for hydroxylation is 1. The van der Waals surface area contributed by atoms with Gasteiger partial charge < -0.3 is 9.52 Å². The van der Waals surface area contributed by atoms with Crippen molar-refractivity contribution in [3.63, 3.8) is 0 Å². The van der Waals surface area contributed by atoms with Crippen molar-refractivity contribution in [2.24, 2.45) is 0 Å². The summed E-state index contributed by atoms with van der Waals surface area (Å²) in [6.07, 6.45) is 0. The van der Waals surface area contributed by atoms with E-state index in [1.165, 1.54) is 11.8 Å². The summed E-state index contributed by atoms with van der Waals surface area (Å²) < 4.78 is 5.66. The van der Waals surface area contributed by atoms with Crippen LogP contribution in [0.2, 0.25) is 0 Å². The zero-order valence-electron chi connectivity index (χ0n) is 11.4. The number of hydrogen-bond acceptors (Lipinski definition) is 4. The van der Waals surface area contributed by atoms with E-state index in [2.05, 4.69) is 4.98 Å². The molecule has 0 saturated heterocycles. The lowest BCUT2D eigenvalue weighted by molar-refractivity contribution is 0.0697. The average Bonchev–Trinajstić information content (AvgIpc) is 2.87. The predicted molar refractivity (Wildman–Crippen MR) is 81.7 cm³/mol. The smallest absolute Gasteiger partial charge is 0.335 e. The second-order valence-corrected chi connectivity index (χ2v) is 5.67. The Kier molecular flexibility index (Phi) is 3.66. The van der Waals surface area contributed by atoms with Crippen molar-refractivity contribution in [1.29, 1.82) is 0 Å². The summed E-state index contributed by atoms with van der Waals surface area (Å²) in [6.45, 7) is 2.01. The number of thioether (sulfide) groups is 1. The van der Waals surface area contributed by atoms with Gasteiger partial charge in [0, 0.05) is 5.75 Å². The second-order valence-electron chi connectivity index (χ2n) is 4.75. The van der Waals surface area contributed by atoms with Crippen molar-refractivity contribution in [1.82, 2.24) is 4.98 Å². The van der Waals surface area contributed by atoms with E-state index in [0.717, 1.165) is 22.2 Å². The molecule has 0 amide bonds. The van der Waals surface area contributed by atoms with Gasteiger partial charge >= 0.3 is 5.97 Å². The van der Waals surface area contributed by atoms with Gasteiger partial charge in [-0.2, -0.15) is 0 Å². The third-order valence-corrected chi connectivity index (χ3v) is 3.96. The average molecular weight is 299 g/mol. The Morgan fingerprint density at radius 1 is 1.29 bits per heavy atom. The Balaban J connectivity index is 1.77. The molecular formula is C16H13NO3S. The van der Waals surface area contributed by atoms with Gasteiger partial charge in [0.25, 0.3) is 5.22 Å². The van der Waals surface area contributed by atoms with Gasteiger partial charge in [-0.15, -0.1) is 0 Å². The molecule has 2 aromatic carbocycles. The highest BCUT2D eigenvalue weighted by Gasteiger charge is 2.08. The Bertz CT molecular complexity index is 810. The number of carbonyl (C=O) groups is 1. The highest BCUT2D eigenvalue weighted by Crippen LogP contribution is 2.26. The molecule has 0 aliphatic heterocycles. The summed E-state index contributed by atoms with van der Waals surface area (Å²) >= 11 is 1.45. The van der Waals surface area contributed by atoms with E-state index in [4.69, 9.17) is 9.52 Å². The summed E-state index contributed by atoms with van der Waals surface area (Å²) in [5, 5.41) is 9.57. The maximum atomic E-state index is 10.9. The van der Waals surface area contributed by atoms with E-state index in [1.807, 2.05) is 31.2 Å². The zero-order chi connectivity index (χ0) is 14.8. The molecule has 0 fully saturated rings. The molecule has 0 atom stereocenters. The third-order valence-electron chi connectivity index (χ3n) is 3.06. The van der Waals surface area contributed by atoms with Crippen LogP contribution in [0, 0.1) is 6.92 Å². The molecule has 1 heterocycles. The van der Waals surface area contributed by atoms with Crippen LogP contribution < -0.4 is 0 Å². The van der Waals surface area contributed by atoms with Crippen LogP contribution >= 0.6 is 11.8 Å². The Morgan fingerprint density at radius 2 is 2.14 bits per heavy atom. The van der Waals surface area contributed by atoms with Crippen LogP contribution in [0.1, 0.15) is 21.5 Å². The molecule has 106 valence electrons. The molecule has 1 N–H and O–H groups in total. The first-order valence-corrected chi connectivity index (χ1v) is 7.42. The fourth-order valence-electron chi connectivity index (χ4n) is 2.02. The number of hydrogen-bond donors (Lipinski definition) is 1. The van der Waals surface area contributed by atoms with Crippen LogP contribution in [-0.2, 0) is 5.75 Å². The Morgan fingerprint density at radius 3 is 2.95 bits per heavy atom. The molecule has 21 heavy (non-hydrogen) atoms. The zero-order valence-corrected chi connectivity index (χ0v) is 12.2. The standard InChI is InChI=1S/C16H13NO3S/c1-10-5-6-14-13(7-10)17-16(20-14)21-9-11-3-2-4-12(8-11)15(18)19/h2-8H,9H2,1H3,(H,18,19). The summed E-state index contributed by atoms with van der Waals surface area (Å²) in [5.74, 6) is -0.299. The van der Waals surface area contributed by atoms with E-state index >= 15 is 0 Å². The number of aromatic carboxylic acids is 1. The number of oxazole rings is 1. The predicted octanol–water partition coefficient (Wildman–Crippen LogP) is 4.13. The summed E-state index contributed by atoms with van der Waals surface area (Å²) in [6, 6.07) is 12.8. The van der Waals surface area contributed by atoms with E-state index in [0.29, 0.717) is 16.5 Å². The Labute approximate surface area is 125 Å². The van der Waals surface area contributed by atoms with Crippen LogP contribution in [0.5, 0.6) is 0 Å². The quantitative estimate of drug-likeness (QED) is 0.734. The van der Waals surface area contributed by atoms with Gasteiger partial charge in [0.05, 0.1) is 5.56 Å². The van der Waals surface area contributed by atoms with E-state index in [1.54, 1.807) is 18.2 Å². The van der Waals surface area contributed by atoms with Crippen molar-refractivity contribution in [2.45, 2.75) is 17.9 Å². The molecule has 4 nitrogen and oxygen atoms in total. The van der Waals surface area contributed by atoms with Gasteiger partial charge in [0.1, 0.15) is 5.52 Å². The highest BCUT2D eigenvalue weighted by molar-refractivity contribution is 7.98. The topological polar surface area (TPSA) is 63.3 Å². The van der Waals surface area contributed by atoms with Crippen molar-refractivity contribution >= 4 is 28.8 Å². The normalized spacial score (nSPS) is 10.9. The summed E-state index contributed by atoms with van der Waals surface area (Å²) in [5.41, 5.74) is 3.97.